The highest BCUT2D eigenvalue weighted by Gasteiger charge is 2.08. The van der Waals surface area contributed by atoms with Gasteiger partial charge in [-0.05, 0) is 79.1 Å². The third kappa shape index (κ3) is 6.48. The molecule has 0 aliphatic carbocycles. The number of phenols is 1. The van der Waals surface area contributed by atoms with E-state index in [9.17, 15) is 9.90 Å². The Morgan fingerprint density at radius 1 is 0.829 bits per heavy atom. The van der Waals surface area contributed by atoms with Gasteiger partial charge >= 0.3 is 0 Å². The van der Waals surface area contributed by atoms with E-state index in [-0.39, 0.29) is 5.75 Å². The van der Waals surface area contributed by atoms with Crippen LogP contribution in [-0.4, -0.2) is 33.4 Å². The predicted octanol–water partition coefficient (Wildman–Crippen LogP) is 5.83. The van der Waals surface area contributed by atoms with Crippen molar-refractivity contribution in [3.05, 3.63) is 82.9 Å². The van der Waals surface area contributed by atoms with Gasteiger partial charge in [0.1, 0.15) is 5.75 Å². The van der Waals surface area contributed by atoms with Crippen molar-refractivity contribution in [2.24, 2.45) is 0 Å². The highest BCUT2D eigenvalue weighted by Crippen LogP contribution is 2.27. The molecule has 0 aliphatic heterocycles. The number of hydrogen-bond acceptors (Lipinski definition) is 9. The maximum Gasteiger partial charge on any atom is 0.233 e. The van der Waals surface area contributed by atoms with Crippen LogP contribution in [0, 0.1) is 13.8 Å². The molecule has 3 aromatic carbocycles. The van der Waals surface area contributed by atoms with Gasteiger partial charge in [0, 0.05) is 29.1 Å². The lowest BCUT2D eigenvalue weighted by atomic mass is 10.1. The first-order chi connectivity index (χ1) is 16.9. The first kappa shape index (κ1) is 24.0. The number of anilines is 5. The fourth-order valence-corrected chi connectivity index (χ4v) is 4.34. The first-order valence-corrected chi connectivity index (χ1v) is 12.0. The lowest BCUT2D eigenvalue weighted by molar-refractivity contribution is 0.112. The lowest BCUT2D eigenvalue weighted by Gasteiger charge is -2.11. The molecule has 0 bridgehead atoms. The Morgan fingerprint density at radius 2 is 1.46 bits per heavy atom. The van der Waals surface area contributed by atoms with Crippen LogP contribution in [0.3, 0.4) is 0 Å². The van der Waals surface area contributed by atoms with Crippen LogP contribution in [0.4, 0.5) is 29.2 Å². The van der Waals surface area contributed by atoms with Gasteiger partial charge in [-0.2, -0.15) is 15.0 Å². The molecule has 9 heteroatoms. The first-order valence-electron chi connectivity index (χ1n) is 11.0. The maximum atomic E-state index is 11.0. The number of aldehydes is 1. The monoisotopic (exact) mass is 486 g/mol. The SMILES string of the molecule is CNc1nc(Nc2ccc(SCc3ccc(O)c(C=O)c3)cc2)nc(Nc2cc(C)cc(C)c2)n1. The normalized spacial score (nSPS) is 10.6. The molecule has 0 aliphatic rings. The topological polar surface area (TPSA) is 112 Å². The predicted molar refractivity (Wildman–Crippen MR) is 141 cm³/mol. The number of benzene rings is 3. The summed E-state index contributed by atoms with van der Waals surface area (Å²) in [5.41, 5.74) is 5.32. The van der Waals surface area contributed by atoms with Gasteiger partial charge in [-0.25, -0.2) is 0 Å². The molecule has 0 saturated carbocycles. The second-order valence-electron chi connectivity index (χ2n) is 8.01. The average molecular weight is 487 g/mol. The summed E-state index contributed by atoms with van der Waals surface area (Å²) in [7, 11) is 1.76. The fourth-order valence-electron chi connectivity index (χ4n) is 3.49. The van der Waals surface area contributed by atoms with Crippen molar-refractivity contribution in [3.63, 3.8) is 0 Å². The zero-order chi connectivity index (χ0) is 24.8. The molecule has 0 radical (unpaired) electrons. The Kier molecular flexibility index (Phi) is 7.47. The van der Waals surface area contributed by atoms with E-state index in [0.29, 0.717) is 35.4 Å². The van der Waals surface area contributed by atoms with E-state index in [2.05, 4.69) is 37.0 Å². The molecule has 4 aromatic rings. The van der Waals surface area contributed by atoms with Gasteiger partial charge in [0.25, 0.3) is 0 Å². The number of carbonyl (C=O) groups is 1. The summed E-state index contributed by atoms with van der Waals surface area (Å²) in [6.45, 7) is 4.10. The van der Waals surface area contributed by atoms with Crippen molar-refractivity contribution in [2.45, 2.75) is 24.5 Å². The summed E-state index contributed by atoms with van der Waals surface area (Å²) in [5.74, 6) is 1.98. The molecule has 4 N–H and O–H groups in total. The molecule has 0 spiro atoms. The summed E-state index contributed by atoms with van der Waals surface area (Å²) in [4.78, 5) is 25.4. The van der Waals surface area contributed by atoms with E-state index in [1.807, 2.05) is 56.3 Å². The highest BCUT2D eigenvalue weighted by molar-refractivity contribution is 7.98. The Hall–Kier alpha value is -4.11. The van der Waals surface area contributed by atoms with Crippen LogP contribution in [0.5, 0.6) is 5.75 Å². The van der Waals surface area contributed by atoms with Crippen LogP contribution < -0.4 is 16.0 Å². The molecule has 1 aromatic heterocycles. The van der Waals surface area contributed by atoms with Gasteiger partial charge in [0.05, 0.1) is 5.56 Å². The summed E-state index contributed by atoms with van der Waals surface area (Å²) in [5, 5.41) is 19.1. The molecule has 0 unspecified atom stereocenters. The van der Waals surface area contributed by atoms with Gasteiger partial charge in [0.2, 0.25) is 17.8 Å². The van der Waals surface area contributed by atoms with E-state index in [1.165, 1.54) is 0 Å². The summed E-state index contributed by atoms with van der Waals surface area (Å²) in [6, 6.07) is 19.2. The number of aromatic nitrogens is 3. The number of thioether (sulfide) groups is 1. The molecular formula is C26H26N6O2S. The number of aryl methyl sites for hydroxylation is 2. The van der Waals surface area contributed by atoms with Crippen LogP contribution in [0.25, 0.3) is 0 Å². The fraction of sp³-hybridized carbons (Fsp3) is 0.154. The van der Waals surface area contributed by atoms with Crippen molar-refractivity contribution in [2.75, 3.05) is 23.0 Å². The van der Waals surface area contributed by atoms with Crippen molar-refractivity contribution >= 4 is 47.3 Å². The number of carbonyl (C=O) groups excluding carboxylic acids is 1. The van der Waals surface area contributed by atoms with Crippen molar-refractivity contribution in [3.8, 4) is 5.75 Å². The van der Waals surface area contributed by atoms with Crippen LogP contribution in [0.1, 0.15) is 27.0 Å². The second kappa shape index (κ2) is 10.9. The third-order valence-corrected chi connectivity index (χ3v) is 6.15. The van der Waals surface area contributed by atoms with E-state index in [4.69, 9.17) is 0 Å². The van der Waals surface area contributed by atoms with Gasteiger partial charge in [-0.3, -0.25) is 4.79 Å². The van der Waals surface area contributed by atoms with Crippen molar-refractivity contribution < 1.29 is 9.90 Å². The van der Waals surface area contributed by atoms with E-state index >= 15 is 0 Å². The Labute approximate surface area is 208 Å². The molecule has 35 heavy (non-hydrogen) atoms. The van der Waals surface area contributed by atoms with Gasteiger partial charge < -0.3 is 21.1 Å². The van der Waals surface area contributed by atoms with Crippen LogP contribution in [0.2, 0.25) is 0 Å². The smallest absolute Gasteiger partial charge is 0.233 e. The largest absolute Gasteiger partial charge is 0.507 e. The maximum absolute atomic E-state index is 11.0. The summed E-state index contributed by atoms with van der Waals surface area (Å²) >= 11 is 1.64. The quantitative estimate of drug-likeness (QED) is 0.171. The van der Waals surface area contributed by atoms with Gasteiger partial charge in [0.15, 0.2) is 6.29 Å². The van der Waals surface area contributed by atoms with Gasteiger partial charge in [-0.1, -0.05) is 12.1 Å². The molecule has 8 nitrogen and oxygen atoms in total. The number of aromatic hydroxyl groups is 1. The number of hydrogen-bond donors (Lipinski definition) is 4. The minimum absolute atomic E-state index is 0.00343. The standard InChI is InChI=1S/C26H26N6O2S/c1-16-10-17(2)12-21(11-16)29-26-31-24(27-3)30-25(32-26)28-20-5-7-22(8-6-20)35-15-18-4-9-23(34)19(13-18)14-33/h4-14,34H,15H2,1-3H3,(H3,27,28,29,30,31,32). The van der Waals surface area contributed by atoms with Crippen LogP contribution in [-0.2, 0) is 5.75 Å². The van der Waals surface area contributed by atoms with Crippen molar-refractivity contribution in [1.82, 2.24) is 15.0 Å². The summed E-state index contributed by atoms with van der Waals surface area (Å²) in [6.07, 6.45) is 0.660. The van der Waals surface area contributed by atoms with E-state index in [0.717, 1.165) is 33.0 Å². The average Bonchev–Trinajstić information content (AvgIpc) is 2.83. The minimum Gasteiger partial charge on any atom is -0.507 e. The van der Waals surface area contributed by atoms with Gasteiger partial charge in [-0.15, -0.1) is 11.8 Å². The van der Waals surface area contributed by atoms with E-state index in [1.54, 1.807) is 30.9 Å². The zero-order valence-electron chi connectivity index (χ0n) is 19.7. The molecule has 178 valence electrons. The number of nitrogens with one attached hydrogen (secondary N) is 3. The Balaban J connectivity index is 1.44. The molecule has 0 fully saturated rings. The van der Waals surface area contributed by atoms with Crippen LogP contribution >= 0.6 is 11.8 Å². The van der Waals surface area contributed by atoms with Crippen LogP contribution in [0.15, 0.2) is 65.6 Å². The number of rotatable bonds is 9. The molecule has 4 rings (SSSR count). The van der Waals surface area contributed by atoms with E-state index < -0.39 is 0 Å². The summed E-state index contributed by atoms with van der Waals surface area (Å²) < 4.78 is 0. The zero-order valence-corrected chi connectivity index (χ0v) is 20.5. The number of nitrogens with zero attached hydrogens (tertiary/aromatic N) is 3. The molecule has 1 heterocycles. The number of phenolic OH excluding ortho intramolecular Hbond substituents is 1. The molecule has 0 amide bonds. The molecule has 0 atom stereocenters. The Bertz CT molecular complexity index is 1320. The second-order valence-corrected chi connectivity index (χ2v) is 9.06. The highest BCUT2D eigenvalue weighted by atomic mass is 32.2. The molecule has 0 saturated heterocycles. The Morgan fingerprint density at radius 3 is 2.09 bits per heavy atom. The third-order valence-electron chi connectivity index (χ3n) is 5.07. The molecular weight excluding hydrogens is 460 g/mol. The lowest BCUT2D eigenvalue weighted by Crippen LogP contribution is -2.07. The van der Waals surface area contributed by atoms with Crippen molar-refractivity contribution in [1.29, 1.82) is 0 Å². The minimum atomic E-state index is -0.00343.